The molecule has 4 nitrogen and oxygen atoms in total. The van der Waals surface area contributed by atoms with Crippen LogP contribution in [0.5, 0.6) is 0 Å². The highest BCUT2D eigenvalue weighted by Crippen LogP contribution is 2.37. The maximum Gasteiger partial charge on any atom is 0.416 e. The first-order valence-electron chi connectivity index (χ1n) is 9.41. The second kappa shape index (κ2) is 8.68. The molecule has 1 aromatic rings. The summed E-state index contributed by atoms with van der Waals surface area (Å²) in [6.07, 6.45) is -4.42. The fourth-order valence-corrected chi connectivity index (χ4v) is 3.74. The van der Waals surface area contributed by atoms with Crippen LogP contribution in [0, 0.1) is 5.92 Å². The minimum atomic E-state index is -4.42. The van der Waals surface area contributed by atoms with Gasteiger partial charge in [-0.2, -0.15) is 13.2 Å². The summed E-state index contributed by atoms with van der Waals surface area (Å²) in [6, 6.07) is 5.41. The Morgan fingerprint density at radius 1 is 1.25 bits per heavy atom. The van der Waals surface area contributed by atoms with Gasteiger partial charge >= 0.3 is 6.18 Å². The largest absolute Gasteiger partial charge is 0.416 e. The summed E-state index contributed by atoms with van der Waals surface area (Å²) >= 11 is 5.44. The van der Waals surface area contributed by atoms with Gasteiger partial charge in [0.2, 0.25) is 5.91 Å². The summed E-state index contributed by atoms with van der Waals surface area (Å²) in [5.74, 6) is -0.891. The summed E-state index contributed by atoms with van der Waals surface area (Å²) in [7, 11) is 1.73. The van der Waals surface area contributed by atoms with E-state index in [1.165, 1.54) is 6.07 Å². The molecule has 0 bridgehead atoms. The van der Waals surface area contributed by atoms with Crippen molar-refractivity contribution in [2.45, 2.75) is 51.9 Å². The molecule has 156 valence electrons. The summed E-state index contributed by atoms with van der Waals surface area (Å²) < 4.78 is 39.5. The molecule has 0 saturated carbocycles. The second-order valence-electron chi connectivity index (χ2n) is 7.89. The number of rotatable bonds is 4. The van der Waals surface area contributed by atoms with E-state index < -0.39 is 17.7 Å². The summed E-state index contributed by atoms with van der Waals surface area (Å²) in [4.78, 5) is 16.6. The van der Waals surface area contributed by atoms with E-state index in [1.54, 1.807) is 18.0 Å². The van der Waals surface area contributed by atoms with Crippen molar-refractivity contribution in [3.63, 3.8) is 0 Å². The number of carbonyl (C=O) groups is 1. The molecular weight excluding hydrogens is 387 g/mol. The molecule has 1 aromatic carbocycles. The van der Waals surface area contributed by atoms with Gasteiger partial charge in [0.05, 0.1) is 11.5 Å². The Hall–Kier alpha value is -1.83. The monoisotopic (exact) mass is 415 g/mol. The average molecular weight is 416 g/mol. The van der Waals surface area contributed by atoms with Crippen LogP contribution in [0.25, 0.3) is 0 Å². The minimum Gasteiger partial charge on any atom is -0.360 e. The molecule has 8 heteroatoms. The van der Waals surface area contributed by atoms with E-state index in [-0.39, 0.29) is 23.9 Å². The van der Waals surface area contributed by atoms with Crippen LogP contribution in [0.2, 0.25) is 0 Å². The van der Waals surface area contributed by atoms with Crippen LogP contribution in [0.3, 0.4) is 0 Å². The van der Waals surface area contributed by atoms with Gasteiger partial charge in [-0.05, 0) is 51.5 Å². The molecule has 0 spiro atoms. The van der Waals surface area contributed by atoms with E-state index in [9.17, 15) is 18.0 Å². The molecule has 1 amide bonds. The maximum atomic E-state index is 13.2. The number of alkyl halides is 3. The normalized spacial score (nSPS) is 20.0. The van der Waals surface area contributed by atoms with Gasteiger partial charge in [0, 0.05) is 38.1 Å². The van der Waals surface area contributed by atoms with Gasteiger partial charge in [0.15, 0.2) is 5.11 Å². The van der Waals surface area contributed by atoms with Gasteiger partial charge in [-0.3, -0.25) is 4.79 Å². The second-order valence-corrected chi connectivity index (χ2v) is 8.27. The van der Waals surface area contributed by atoms with E-state index in [1.807, 2.05) is 32.6 Å². The molecule has 2 atom stereocenters. The Balaban J connectivity index is 2.37. The third-order valence-electron chi connectivity index (χ3n) is 5.10. The van der Waals surface area contributed by atoms with Crippen LogP contribution in [0.1, 0.15) is 44.7 Å². The van der Waals surface area contributed by atoms with Crippen molar-refractivity contribution < 1.29 is 18.0 Å². The Bertz CT molecular complexity index is 721. The van der Waals surface area contributed by atoms with Gasteiger partial charge in [-0.25, -0.2) is 0 Å². The SMILES string of the molecule is CC(C)NC(=S)N1CC(C(=O)N(C)C(C)C)C(c2cccc(C(F)(F)F)c2)C1. The van der Waals surface area contributed by atoms with Gasteiger partial charge in [0.25, 0.3) is 0 Å². The quantitative estimate of drug-likeness (QED) is 0.758. The topological polar surface area (TPSA) is 35.6 Å². The molecule has 0 aromatic heterocycles. The van der Waals surface area contributed by atoms with E-state index in [0.717, 1.165) is 12.1 Å². The number of benzene rings is 1. The van der Waals surface area contributed by atoms with Crippen LogP contribution in [-0.2, 0) is 11.0 Å². The number of nitrogens with one attached hydrogen (secondary N) is 1. The molecule has 1 heterocycles. The lowest BCUT2D eigenvalue weighted by molar-refractivity contribution is -0.137. The van der Waals surface area contributed by atoms with Crippen molar-refractivity contribution in [1.29, 1.82) is 0 Å². The van der Waals surface area contributed by atoms with Crippen molar-refractivity contribution in [2.24, 2.45) is 5.92 Å². The van der Waals surface area contributed by atoms with E-state index in [0.29, 0.717) is 23.8 Å². The Morgan fingerprint density at radius 2 is 1.89 bits per heavy atom. The predicted molar refractivity (Wildman–Crippen MR) is 108 cm³/mol. The van der Waals surface area contributed by atoms with Crippen LogP contribution in [-0.4, -0.2) is 53.0 Å². The smallest absolute Gasteiger partial charge is 0.360 e. The first-order valence-corrected chi connectivity index (χ1v) is 9.82. The highest BCUT2D eigenvalue weighted by Gasteiger charge is 2.42. The fourth-order valence-electron chi connectivity index (χ4n) is 3.36. The van der Waals surface area contributed by atoms with Gasteiger partial charge in [-0.1, -0.05) is 18.2 Å². The van der Waals surface area contributed by atoms with Gasteiger partial charge in [-0.15, -0.1) is 0 Å². The standard InChI is InChI=1S/C20H28F3N3OS/c1-12(2)24-19(28)26-10-16(17(11-26)18(27)25(5)13(3)4)14-7-6-8-15(9-14)20(21,22)23/h6-9,12-13,16-17H,10-11H2,1-5H3,(H,24,28). The van der Waals surface area contributed by atoms with Gasteiger partial charge < -0.3 is 15.1 Å². The predicted octanol–water partition coefficient (Wildman–Crippen LogP) is 3.87. The molecule has 1 aliphatic rings. The zero-order chi connectivity index (χ0) is 21.2. The van der Waals surface area contributed by atoms with Crippen molar-refractivity contribution in [2.75, 3.05) is 20.1 Å². The van der Waals surface area contributed by atoms with Crippen LogP contribution < -0.4 is 5.32 Å². The van der Waals surface area contributed by atoms with Crippen molar-refractivity contribution >= 4 is 23.2 Å². The lowest BCUT2D eigenvalue weighted by atomic mass is 9.87. The number of likely N-dealkylation sites (tertiary alicyclic amines) is 1. The molecule has 1 saturated heterocycles. The van der Waals surface area contributed by atoms with Crippen molar-refractivity contribution in [3.8, 4) is 0 Å². The Morgan fingerprint density at radius 3 is 2.43 bits per heavy atom. The average Bonchev–Trinajstić information content (AvgIpc) is 3.04. The Kier molecular flexibility index (Phi) is 6.96. The molecule has 0 radical (unpaired) electrons. The fraction of sp³-hybridized carbons (Fsp3) is 0.600. The number of thiocarbonyl (C=S) groups is 1. The summed E-state index contributed by atoms with van der Waals surface area (Å²) in [5.41, 5.74) is -0.185. The number of amides is 1. The zero-order valence-electron chi connectivity index (χ0n) is 16.9. The molecule has 28 heavy (non-hydrogen) atoms. The summed E-state index contributed by atoms with van der Waals surface area (Å²) in [5, 5.41) is 3.68. The van der Waals surface area contributed by atoms with E-state index in [4.69, 9.17) is 12.2 Å². The third-order valence-corrected chi connectivity index (χ3v) is 5.48. The zero-order valence-corrected chi connectivity index (χ0v) is 17.7. The van der Waals surface area contributed by atoms with Crippen molar-refractivity contribution in [3.05, 3.63) is 35.4 Å². The maximum absolute atomic E-state index is 13.2. The highest BCUT2D eigenvalue weighted by atomic mass is 32.1. The molecule has 1 aliphatic heterocycles. The number of halogens is 3. The first kappa shape index (κ1) is 22.5. The van der Waals surface area contributed by atoms with Crippen LogP contribution >= 0.6 is 12.2 Å². The number of carbonyl (C=O) groups excluding carboxylic acids is 1. The molecule has 0 aliphatic carbocycles. The molecular formula is C20H28F3N3OS. The minimum absolute atomic E-state index is 0.00412. The molecule has 1 fully saturated rings. The first-order chi connectivity index (χ1) is 12.9. The highest BCUT2D eigenvalue weighted by molar-refractivity contribution is 7.80. The third kappa shape index (κ3) is 5.16. The van der Waals surface area contributed by atoms with Crippen LogP contribution in [0.4, 0.5) is 13.2 Å². The number of nitrogens with zero attached hydrogens (tertiary/aromatic N) is 2. The molecule has 2 unspecified atom stereocenters. The summed E-state index contributed by atoms with van der Waals surface area (Å²) in [6.45, 7) is 8.53. The molecule has 2 rings (SSSR count). The Labute approximate surface area is 170 Å². The van der Waals surface area contributed by atoms with E-state index in [2.05, 4.69) is 5.32 Å². The number of hydrogen-bond donors (Lipinski definition) is 1. The van der Waals surface area contributed by atoms with Crippen LogP contribution in [0.15, 0.2) is 24.3 Å². The van der Waals surface area contributed by atoms with Gasteiger partial charge in [0.1, 0.15) is 0 Å². The van der Waals surface area contributed by atoms with E-state index >= 15 is 0 Å². The molecule has 1 N–H and O–H groups in total. The van der Waals surface area contributed by atoms with Crippen molar-refractivity contribution in [1.82, 2.24) is 15.1 Å². The lowest BCUT2D eigenvalue weighted by Crippen LogP contribution is -2.43. The lowest BCUT2D eigenvalue weighted by Gasteiger charge is -2.27. The number of hydrogen-bond acceptors (Lipinski definition) is 2.